The summed E-state index contributed by atoms with van der Waals surface area (Å²) in [5.74, 6) is -1.79. The van der Waals surface area contributed by atoms with Gasteiger partial charge < -0.3 is 9.47 Å². The zero-order chi connectivity index (χ0) is 20.4. The smallest absolute Gasteiger partial charge is 0.372 e. The molecule has 2 aromatic rings. The van der Waals surface area contributed by atoms with Crippen LogP contribution in [0.3, 0.4) is 0 Å². The van der Waals surface area contributed by atoms with Crippen molar-refractivity contribution in [2.24, 2.45) is 17.3 Å². The number of nitriles is 1. The van der Waals surface area contributed by atoms with E-state index in [2.05, 4.69) is 37.9 Å². The Kier molecular flexibility index (Phi) is 5.97. The third-order valence-corrected chi connectivity index (χ3v) is 5.85. The maximum atomic E-state index is 13.3. The minimum Gasteiger partial charge on any atom is -0.437 e. The molecule has 0 saturated heterocycles. The van der Waals surface area contributed by atoms with Crippen LogP contribution in [0.25, 0.3) is 0 Å². The summed E-state index contributed by atoms with van der Waals surface area (Å²) < 4.78 is 12.5. The molecule has 1 aliphatic carbocycles. The Labute approximate surface area is 181 Å². The van der Waals surface area contributed by atoms with E-state index in [0.29, 0.717) is 14.7 Å². The van der Waals surface area contributed by atoms with Crippen molar-refractivity contribution in [3.63, 3.8) is 0 Å². The predicted molar refractivity (Wildman–Crippen MR) is 114 cm³/mol. The number of rotatable bonds is 6. The Hall–Kier alpha value is -2.10. The summed E-state index contributed by atoms with van der Waals surface area (Å²) in [6.45, 7) is 3.97. The van der Waals surface area contributed by atoms with Gasteiger partial charge in [-0.15, -0.1) is 0 Å². The maximum Gasteiger partial charge on any atom is 0.372 e. The average Bonchev–Trinajstić information content (AvgIpc) is 3.22. The van der Waals surface area contributed by atoms with E-state index in [-0.39, 0.29) is 11.8 Å². The molecule has 1 aliphatic rings. The third kappa shape index (κ3) is 3.74. The highest BCUT2D eigenvalue weighted by atomic mass is 79.9. The quantitative estimate of drug-likeness (QED) is 0.363. The van der Waals surface area contributed by atoms with Crippen molar-refractivity contribution in [2.45, 2.75) is 19.6 Å². The Morgan fingerprint density at radius 3 is 2.07 bits per heavy atom. The van der Waals surface area contributed by atoms with Crippen LogP contribution in [-0.2, 0) is 15.3 Å². The van der Waals surface area contributed by atoms with Crippen LogP contribution in [0, 0.1) is 28.6 Å². The van der Waals surface area contributed by atoms with Crippen molar-refractivity contribution >= 4 is 37.8 Å². The van der Waals surface area contributed by atoms with Crippen LogP contribution in [0.2, 0.25) is 0 Å². The molecule has 0 radical (unpaired) electrons. The number of halogens is 2. The monoisotopic (exact) mass is 503 g/mol. The number of para-hydroxylation sites is 1. The van der Waals surface area contributed by atoms with Gasteiger partial charge in [-0.2, -0.15) is 5.26 Å². The van der Waals surface area contributed by atoms with Crippen LogP contribution in [0.1, 0.15) is 19.4 Å². The number of esters is 1. The normalized spacial score (nSPS) is 25.0. The van der Waals surface area contributed by atoms with E-state index in [1.54, 1.807) is 54.6 Å². The molecule has 2 aromatic carbocycles. The lowest BCUT2D eigenvalue weighted by Crippen LogP contribution is -2.40. The first-order chi connectivity index (χ1) is 13.4. The minimum absolute atomic E-state index is 0.0778. The molecule has 1 saturated carbocycles. The molecule has 3 rings (SSSR count). The van der Waals surface area contributed by atoms with E-state index < -0.39 is 17.2 Å². The molecule has 0 bridgehead atoms. The lowest BCUT2D eigenvalue weighted by atomic mass is 10.0. The summed E-state index contributed by atoms with van der Waals surface area (Å²) in [4.78, 5) is 13.3. The molecule has 0 heterocycles. The molecule has 0 N–H and O–H groups in total. The number of benzene rings is 2. The van der Waals surface area contributed by atoms with Crippen LogP contribution < -0.4 is 4.74 Å². The lowest BCUT2D eigenvalue weighted by molar-refractivity contribution is -0.189. The Bertz CT molecular complexity index is 912. The molecular weight excluding hydrogens is 486 g/mol. The molecule has 1 fully saturated rings. The van der Waals surface area contributed by atoms with Crippen LogP contribution in [0.5, 0.6) is 5.75 Å². The van der Waals surface area contributed by atoms with E-state index in [4.69, 9.17) is 9.47 Å². The van der Waals surface area contributed by atoms with Gasteiger partial charge in [-0.25, -0.2) is 0 Å². The molecule has 6 heteroatoms. The van der Waals surface area contributed by atoms with E-state index in [1.807, 2.05) is 26.0 Å². The highest BCUT2D eigenvalue weighted by molar-refractivity contribution is 9.28. The van der Waals surface area contributed by atoms with E-state index in [1.165, 1.54) is 0 Å². The molecule has 4 nitrogen and oxygen atoms in total. The van der Waals surface area contributed by atoms with Crippen molar-refractivity contribution in [1.29, 1.82) is 5.26 Å². The summed E-state index contributed by atoms with van der Waals surface area (Å²) in [5.41, 5.74) is -0.369. The molecule has 3 unspecified atom stereocenters. The van der Waals surface area contributed by atoms with Crippen molar-refractivity contribution in [3.05, 3.63) is 75.7 Å². The maximum absolute atomic E-state index is 13.3. The Morgan fingerprint density at radius 1 is 1.07 bits per heavy atom. The second-order valence-electron chi connectivity index (χ2n) is 6.84. The lowest BCUT2D eigenvalue weighted by Gasteiger charge is -2.29. The number of hydrogen-bond acceptors (Lipinski definition) is 4. The first-order valence-corrected chi connectivity index (χ1v) is 10.4. The summed E-state index contributed by atoms with van der Waals surface area (Å²) in [7, 11) is 0. The molecule has 144 valence electrons. The predicted octanol–water partition coefficient (Wildman–Crippen LogP) is 5.89. The number of carbonyl (C=O) groups excluding carboxylic acids is 1. The molecule has 0 amide bonds. The molecule has 3 atom stereocenters. The van der Waals surface area contributed by atoms with Gasteiger partial charge in [-0.05, 0) is 61.9 Å². The average molecular weight is 505 g/mol. The zero-order valence-electron chi connectivity index (χ0n) is 15.4. The van der Waals surface area contributed by atoms with Gasteiger partial charge in [0.1, 0.15) is 5.75 Å². The van der Waals surface area contributed by atoms with Crippen molar-refractivity contribution < 1.29 is 14.3 Å². The van der Waals surface area contributed by atoms with Gasteiger partial charge in [0, 0.05) is 0 Å². The van der Waals surface area contributed by atoms with Crippen LogP contribution >= 0.6 is 31.9 Å². The highest BCUT2D eigenvalue weighted by Gasteiger charge is 2.66. The number of nitrogens with zero attached hydrogens (tertiary/aromatic N) is 1. The summed E-state index contributed by atoms with van der Waals surface area (Å²) >= 11 is 6.69. The SMILES string of the molecule is CC1C(C)C1(C=C(Br)Br)C(=O)OC(C#N)(Oc1ccccc1)c1ccccc1. The molecule has 0 aliphatic heterocycles. The van der Waals surface area contributed by atoms with Gasteiger partial charge in [0.05, 0.1) is 14.4 Å². The summed E-state index contributed by atoms with van der Waals surface area (Å²) in [5, 5.41) is 10.1. The minimum atomic E-state index is -1.89. The van der Waals surface area contributed by atoms with Gasteiger partial charge in [0.25, 0.3) is 0 Å². The fraction of sp³-hybridized carbons (Fsp3) is 0.273. The Morgan fingerprint density at radius 2 is 1.61 bits per heavy atom. The standard InChI is InChI=1S/C22H19Br2NO3/c1-15-16(2)21(15,13-19(23)24)20(26)28-22(14-25,17-9-5-3-6-10-17)27-18-11-7-4-8-12-18/h3-13,15-16H,1-2H3. The third-order valence-electron chi connectivity index (χ3n) is 5.39. The molecular formula is C22H19Br2NO3. The fourth-order valence-corrected chi connectivity index (χ4v) is 4.22. The second-order valence-corrected chi connectivity index (χ2v) is 9.62. The molecule has 28 heavy (non-hydrogen) atoms. The molecule has 0 spiro atoms. The number of carbonyl (C=O) groups is 1. The Balaban J connectivity index is 2.02. The van der Waals surface area contributed by atoms with Gasteiger partial charge in [-0.3, -0.25) is 4.79 Å². The van der Waals surface area contributed by atoms with Crippen LogP contribution in [0.4, 0.5) is 0 Å². The van der Waals surface area contributed by atoms with Crippen LogP contribution in [-0.4, -0.2) is 5.97 Å². The number of ether oxygens (including phenoxy) is 2. The van der Waals surface area contributed by atoms with Crippen molar-refractivity contribution in [1.82, 2.24) is 0 Å². The van der Waals surface area contributed by atoms with Gasteiger partial charge in [0.2, 0.25) is 0 Å². The van der Waals surface area contributed by atoms with Gasteiger partial charge in [-0.1, -0.05) is 62.4 Å². The first-order valence-electron chi connectivity index (χ1n) is 8.84. The zero-order valence-corrected chi connectivity index (χ0v) is 18.6. The largest absolute Gasteiger partial charge is 0.437 e. The van der Waals surface area contributed by atoms with E-state index in [0.717, 1.165) is 0 Å². The number of hydrogen-bond donors (Lipinski definition) is 0. The van der Waals surface area contributed by atoms with Gasteiger partial charge >= 0.3 is 11.8 Å². The second kappa shape index (κ2) is 8.10. The van der Waals surface area contributed by atoms with Gasteiger partial charge in [0.15, 0.2) is 6.07 Å². The van der Waals surface area contributed by atoms with Crippen LogP contribution in [0.15, 0.2) is 70.1 Å². The topological polar surface area (TPSA) is 59.3 Å². The molecule has 0 aromatic heterocycles. The van der Waals surface area contributed by atoms with E-state index >= 15 is 0 Å². The van der Waals surface area contributed by atoms with Crippen molar-refractivity contribution in [2.75, 3.05) is 0 Å². The fourth-order valence-electron chi connectivity index (χ4n) is 3.46. The highest BCUT2D eigenvalue weighted by Crippen LogP contribution is 2.61. The van der Waals surface area contributed by atoms with E-state index in [9.17, 15) is 10.1 Å². The van der Waals surface area contributed by atoms with Crippen molar-refractivity contribution in [3.8, 4) is 11.8 Å². The summed E-state index contributed by atoms with van der Waals surface area (Å²) in [6, 6.07) is 19.7. The summed E-state index contributed by atoms with van der Waals surface area (Å²) in [6.07, 6.45) is 1.79. The first kappa shape index (κ1) is 20.6.